The Kier molecular flexibility index (Phi) is 40.3. The Bertz CT molecular complexity index is 4130. The summed E-state index contributed by atoms with van der Waals surface area (Å²) in [5.74, 6) is -0.00273. The quantitative estimate of drug-likeness (QED) is 0.00764. The number of nitrogens with one attached hydrogen (secondary N) is 4. The van der Waals surface area contributed by atoms with Gasteiger partial charge in [0.1, 0.15) is 0 Å². The Balaban J connectivity index is 0.000000211. The van der Waals surface area contributed by atoms with E-state index in [2.05, 4.69) is 112 Å². The second-order valence-corrected chi connectivity index (χ2v) is 28.4. The lowest BCUT2D eigenvalue weighted by molar-refractivity contribution is -0.118. The van der Waals surface area contributed by atoms with Crippen LogP contribution in [0.3, 0.4) is 0 Å². The lowest BCUT2D eigenvalue weighted by atomic mass is 9.99. The smallest absolute Gasteiger partial charge is 0.312 e. The SMILES string of the molecule is C=CCCCC(O)c1ccc(-c2ccccc2)cc1.CC(=O)NCCCCC(O)c1ccc(-c2ccccc2)cc1.CS(=O)(=O)NCCCCC(O)c1ccc(-c2ccccc2)cc1.N#CNCCCCCC(O)c1ccc(-c2ccccc2)cc1.NC(=O)NCCCCC(O)c1ccc(-c2ccccc2)cc1. The molecular formula is C92H110N6O9S. The number of urea groups is 1. The van der Waals surface area contributed by atoms with Crippen molar-refractivity contribution in [3.63, 3.8) is 0 Å². The van der Waals surface area contributed by atoms with E-state index >= 15 is 0 Å². The van der Waals surface area contributed by atoms with Gasteiger partial charge in [-0.2, -0.15) is 5.26 Å². The van der Waals surface area contributed by atoms with E-state index in [1.165, 1.54) is 40.3 Å². The number of hydrogen-bond donors (Lipinski definition) is 10. The molecule has 0 heterocycles. The molecule has 0 aliphatic carbocycles. The van der Waals surface area contributed by atoms with Crippen LogP contribution in [0.15, 0.2) is 286 Å². The number of aliphatic hydroxyl groups is 5. The number of amides is 3. The summed E-state index contributed by atoms with van der Waals surface area (Å²) < 4.78 is 24.3. The van der Waals surface area contributed by atoms with Crippen LogP contribution >= 0.6 is 0 Å². The molecule has 0 spiro atoms. The predicted octanol–water partition coefficient (Wildman–Crippen LogP) is 18.8. The van der Waals surface area contributed by atoms with Crippen molar-refractivity contribution in [2.75, 3.05) is 32.4 Å². The number of rotatable bonds is 36. The molecule has 0 fully saturated rings. The summed E-state index contributed by atoms with van der Waals surface area (Å²) in [4.78, 5) is 21.3. The number of nitrogens with two attached hydrogens (primary N) is 1. The first-order chi connectivity index (χ1) is 52.4. The van der Waals surface area contributed by atoms with Gasteiger partial charge in [-0.25, -0.2) is 17.9 Å². The topological polar surface area (TPSA) is 267 Å². The number of nitriles is 1. The fourth-order valence-electron chi connectivity index (χ4n) is 11.8. The minimum absolute atomic E-state index is 0.00273. The van der Waals surface area contributed by atoms with E-state index in [0.29, 0.717) is 45.3 Å². The molecule has 0 radical (unpaired) electrons. The largest absolute Gasteiger partial charge is 0.388 e. The molecule has 0 aromatic heterocycles. The fourth-order valence-corrected chi connectivity index (χ4v) is 12.4. The number of sulfonamides is 1. The summed E-state index contributed by atoms with van der Waals surface area (Å²) in [6.45, 7) is 7.57. The third kappa shape index (κ3) is 34.5. The summed E-state index contributed by atoms with van der Waals surface area (Å²) in [6.07, 6.45) is 16.1. The van der Waals surface area contributed by atoms with Crippen molar-refractivity contribution in [2.45, 2.75) is 140 Å². The second kappa shape index (κ2) is 50.3. The van der Waals surface area contributed by atoms with E-state index in [9.17, 15) is 43.5 Å². The fraction of sp³-hybridized carbons (Fsp3) is 0.293. The molecule has 568 valence electrons. The van der Waals surface area contributed by atoms with Gasteiger partial charge in [0.15, 0.2) is 6.19 Å². The molecule has 10 aromatic rings. The Hall–Kier alpha value is -10.3. The van der Waals surface area contributed by atoms with Crippen LogP contribution < -0.4 is 26.4 Å². The van der Waals surface area contributed by atoms with Gasteiger partial charge in [0.2, 0.25) is 15.9 Å². The number of nitrogens with zero attached hydrogens (tertiary/aromatic N) is 1. The molecule has 0 aliphatic rings. The third-order valence-electron chi connectivity index (χ3n) is 18.0. The Morgan fingerprint density at radius 3 is 0.861 bits per heavy atom. The predicted molar refractivity (Wildman–Crippen MR) is 441 cm³/mol. The highest BCUT2D eigenvalue weighted by Crippen LogP contribution is 2.30. The van der Waals surface area contributed by atoms with Crippen molar-refractivity contribution in [2.24, 2.45) is 5.73 Å². The number of primary amides is 1. The van der Waals surface area contributed by atoms with Crippen LogP contribution in [-0.4, -0.2) is 78.3 Å². The van der Waals surface area contributed by atoms with Crippen molar-refractivity contribution < 1.29 is 43.5 Å². The van der Waals surface area contributed by atoms with Crippen molar-refractivity contribution in [3.05, 3.63) is 313 Å². The highest BCUT2D eigenvalue weighted by atomic mass is 32.2. The normalized spacial score (nSPS) is 12.1. The van der Waals surface area contributed by atoms with Gasteiger partial charge < -0.3 is 47.2 Å². The number of aliphatic hydroxyl groups excluding tert-OH is 5. The number of carbonyl (C=O) groups excluding carboxylic acids is 2. The Morgan fingerprint density at radius 1 is 0.370 bits per heavy atom. The van der Waals surface area contributed by atoms with Crippen molar-refractivity contribution in [1.29, 1.82) is 5.26 Å². The number of benzene rings is 10. The van der Waals surface area contributed by atoms with Crippen molar-refractivity contribution in [1.82, 2.24) is 20.7 Å². The summed E-state index contributed by atoms with van der Waals surface area (Å²) in [7, 11) is -3.12. The number of hydrogen-bond acceptors (Lipinski definition) is 11. The average Bonchev–Trinajstić information content (AvgIpc) is 0.886. The summed E-state index contributed by atoms with van der Waals surface area (Å²) in [5.41, 5.74) is 21.4. The van der Waals surface area contributed by atoms with Gasteiger partial charge in [0.25, 0.3) is 0 Å². The minimum atomic E-state index is -3.12. The molecule has 16 heteroatoms. The second-order valence-electron chi connectivity index (χ2n) is 26.6. The molecule has 0 aliphatic heterocycles. The zero-order valence-electron chi connectivity index (χ0n) is 62.6. The molecule has 11 N–H and O–H groups in total. The molecular weight excluding hydrogens is 1370 g/mol. The van der Waals surface area contributed by atoms with E-state index < -0.39 is 40.5 Å². The number of allylic oxidation sites excluding steroid dienone is 1. The van der Waals surface area contributed by atoms with Crippen molar-refractivity contribution in [3.8, 4) is 61.8 Å². The van der Waals surface area contributed by atoms with E-state index in [4.69, 9.17) is 11.0 Å². The summed E-state index contributed by atoms with van der Waals surface area (Å²) >= 11 is 0. The maximum absolute atomic E-state index is 10.9. The van der Waals surface area contributed by atoms with Crippen LogP contribution in [-0.2, 0) is 14.8 Å². The molecule has 15 nitrogen and oxygen atoms in total. The Labute approximate surface area is 641 Å². The van der Waals surface area contributed by atoms with Crippen LogP contribution in [0, 0.1) is 11.5 Å². The maximum atomic E-state index is 10.9. The van der Waals surface area contributed by atoms with Gasteiger partial charge in [-0.15, -0.1) is 6.58 Å². The first-order valence-electron chi connectivity index (χ1n) is 37.5. The molecule has 5 atom stereocenters. The molecule has 0 saturated heterocycles. The lowest BCUT2D eigenvalue weighted by Gasteiger charge is -2.12. The monoisotopic (exact) mass is 1470 g/mol. The average molecular weight is 1480 g/mol. The van der Waals surface area contributed by atoms with E-state index in [1.54, 1.807) is 0 Å². The molecule has 0 saturated carbocycles. The molecule has 10 rings (SSSR count). The van der Waals surface area contributed by atoms with Crippen LogP contribution in [0.2, 0.25) is 0 Å². The molecule has 10 aromatic carbocycles. The van der Waals surface area contributed by atoms with Gasteiger partial charge in [-0.3, -0.25) is 4.79 Å². The van der Waals surface area contributed by atoms with Gasteiger partial charge in [0.05, 0.1) is 36.8 Å². The molecule has 0 bridgehead atoms. The number of unbranched alkanes of at least 4 members (excludes halogenated alkanes) is 6. The van der Waals surface area contributed by atoms with E-state index in [-0.39, 0.29) is 12.0 Å². The van der Waals surface area contributed by atoms with Gasteiger partial charge in [-0.1, -0.05) is 292 Å². The molecule has 5 unspecified atom stereocenters. The van der Waals surface area contributed by atoms with Crippen LogP contribution in [0.25, 0.3) is 55.6 Å². The maximum Gasteiger partial charge on any atom is 0.312 e. The molecule has 3 amide bonds. The zero-order valence-corrected chi connectivity index (χ0v) is 63.4. The first kappa shape index (κ1) is 86.6. The van der Waals surface area contributed by atoms with E-state index in [0.717, 1.165) is 140 Å². The molecule has 108 heavy (non-hydrogen) atoms. The lowest BCUT2D eigenvalue weighted by Crippen LogP contribution is -2.30. The van der Waals surface area contributed by atoms with Crippen LogP contribution in [0.1, 0.15) is 168 Å². The minimum Gasteiger partial charge on any atom is -0.388 e. The van der Waals surface area contributed by atoms with Crippen LogP contribution in [0.4, 0.5) is 4.79 Å². The standard InChI is InChI=1S/C19H22N2O.C19H23NO2.C18H22N2O2.C18H23NO3S.C18H20O/c20-15-21-14-6-2-5-9-19(22)18-12-10-17(11-13-18)16-7-3-1-4-8-16;1-15(21)20-14-6-5-9-19(22)18-12-10-17(11-13-18)16-7-3-2-4-8-16;19-18(22)20-13-5-4-8-17(21)16-11-9-15(10-12-16)14-6-2-1-3-7-14;1-23(21,22)19-14-6-5-9-18(20)17-12-10-16(11-13-17)15-7-3-2-4-8-15;1-2-3-5-10-18(19)17-13-11-16(12-14-17)15-8-6-4-7-9-15/h1,3-4,7-8,10-13,19,21-22H,2,5-6,9,14H2;2-4,7-8,10-13,19,22H,5-6,9,14H2,1H3,(H,20,21);1-3,6-7,9-12,17,21H,4-5,8,13H2,(H3,19,20,22);2-4,7-8,10-13,18-20H,5-6,9,14H2,1H3;2,4,6-9,11-14,18-19H,1,3,5,10H2. The highest BCUT2D eigenvalue weighted by molar-refractivity contribution is 7.88. The Morgan fingerprint density at radius 2 is 0.611 bits per heavy atom. The highest BCUT2D eigenvalue weighted by Gasteiger charge is 2.13. The third-order valence-corrected chi connectivity index (χ3v) is 18.7. The van der Waals surface area contributed by atoms with Gasteiger partial charge >= 0.3 is 6.03 Å². The summed E-state index contributed by atoms with van der Waals surface area (Å²) in [5, 5.41) is 67.2. The zero-order chi connectivity index (χ0) is 77.4. The van der Waals surface area contributed by atoms with Crippen LogP contribution in [0.5, 0.6) is 0 Å². The van der Waals surface area contributed by atoms with Crippen molar-refractivity contribution >= 4 is 22.0 Å². The number of carbonyl (C=O) groups is 2. The van der Waals surface area contributed by atoms with Gasteiger partial charge in [-0.05, 0) is 173 Å². The van der Waals surface area contributed by atoms with E-state index in [1.807, 2.05) is 200 Å². The first-order valence-corrected chi connectivity index (χ1v) is 39.4. The summed E-state index contributed by atoms with van der Waals surface area (Å²) in [6, 6.07) is 90.7. The van der Waals surface area contributed by atoms with Gasteiger partial charge in [0, 0.05) is 33.1 Å².